The highest BCUT2D eigenvalue weighted by molar-refractivity contribution is 6.30. The zero-order valence-electron chi connectivity index (χ0n) is 10.5. The Kier molecular flexibility index (Phi) is 4.29. The highest BCUT2D eigenvalue weighted by atomic mass is 35.5. The van der Waals surface area contributed by atoms with Crippen molar-refractivity contribution in [3.8, 4) is 0 Å². The van der Waals surface area contributed by atoms with E-state index in [9.17, 15) is 13.6 Å². The van der Waals surface area contributed by atoms with Crippen molar-refractivity contribution in [3.05, 3.63) is 64.4 Å². The van der Waals surface area contributed by atoms with E-state index < -0.39 is 17.7 Å². The molecule has 1 aromatic carbocycles. The maximum absolute atomic E-state index is 13.4. The zero-order valence-corrected chi connectivity index (χ0v) is 11.3. The van der Waals surface area contributed by atoms with Gasteiger partial charge >= 0.3 is 0 Å². The van der Waals surface area contributed by atoms with E-state index in [0.29, 0.717) is 5.02 Å². The molecule has 1 amide bonds. The molecule has 0 radical (unpaired) electrons. The van der Waals surface area contributed by atoms with Crippen LogP contribution < -0.4 is 5.32 Å². The molecule has 0 bridgehead atoms. The third-order valence-corrected chi connectivity index (χ3v) is 3.06. The van der Waals surface area contributed by atoms with Crippen molar-refractivity contribution < 1.29 is 13.6 Å². The largest absolute Gasteiger partial charge is 0.345 e. The maximum Gasteiger partial charge on any atom is 0.254 e. The lowest BCUT2D eigenvalue weighted by molar-refractivity contribution is 0.0934. The van der Waals surface area contributed by atoms with E-state index in [4.69, 9.17) is 11.6 Å². The van der Waals surface area contributed by atoms with Gasteiger partial charge in [0.2, 0.25) is 5.95 Å². The Hall–Kier alpha value is -2.01. The van der Waals surface area contributed by atoms with Gasteiger partial charge < -0.3 is 5.32 Å². The predicted molar refractivity (Wildman–Crippen MR) is 71.5 cm³/mol. The fraction of sp³-hybridized carbons (Fsp3) is 0.143. The number of amides is 1. The number of hydrogen-bond acceptors (Lipinski definition) is 2. The Bertz CT molecular complexity index is 632. The van der Waals surface area contributed by atoms with E-state index >= 15 is 0 Å². The van der Waals surface area contributed by atoms with Crippen LogP contribution in [0.25, 0.3) is 0 Å². The van der Waals surface area contributed by atoms with Gasteiger partial charge in [-0.05, 0) is 30.7 Å². The van der Waals surface area contributed by atoms with E-state index in [-0.39, 0.29) is 11.6 Å². The molecule has 1 N–H and O–H groups in total. The third kappa shape index (κ3) is 3.11. The Morgan fingerprint density at radius 1 is 1.25 bits per heavy atom. The lowest BCUT2D eigenvalue weighted by Gasteiger charge is -2.14. The number of carbonyl (C=O) groups excluding carboxylic acids is 1. The van der Waals surface area contributed by atoms with Crippen LogP contribution in [-0.4, -0.2) is 10.9 Å². The first-order chi connectivity index (χ1) is 9.49. The second-order valence-electron chi connectivity index (χ2n) is 4.21. The number of rotatable bonds is 3. The molecule has 0 aliphatic rings. The molecule has 20 heavy (non-hydrogen) atoms. The molecule has 1 heterocycles. The van der Waals surface area contributed by atoms with Gasteiger partial charge in [0.1, 0.15) is 0 Å². The van der Waals surface area contributed by atoms with Crippen LogP contribution in [0.4, 0.5) is 8.78 Å². The van der Waals surface area contributed by atoms with E-state index in [1.54, 1.807) is 31.2 Å². The summed E-state index contributed by atoms with van der Waals surface area (Å²) in [5.41, 5.74) is 0.427. The molecule has 0 spiro atoms. The molecule has 1 atom stereocenters. The minimum atomic E-state index is -1.29. The van der Waals surface area contributed by atoms with Crippen LogP contribution in [0.15, 0.2) is 36.5 Å². The summed E-state index contributed by atoms with van der Waals surface area (Å²) in [6.07, 6.45) is 1.04. The van der Waals surface area contributed by atoms with Gasteiger partial charge in [-0.2, -0.15) is 4.39 Å². The Morgan fingerprint density at radius 2 is 1.90 bits per heavy atom. The maximum atomic E-state index is 13.4. The number of nitrogens with zero attached hydrogens (tertiary/aromatic N) is 1. The average Bonchev–Trinajstić information content (AvgIpc) is 2.42. The molecule has 0 aliphatic carbocycles. The second-order valence-corrected chi connectivity index (χ2v) is 4.65. The molecule has 3 nitrogen and oxygen atoms in total. The van der Waals surface area contributed by atoms with Crippen LogP contribution in [0.2, 0.25) is 5.02 Å². The number of aromatic nitrogens is 1. The number of carbonyl (C=O) groups is 1. The molecule has 0 saturated carbocycles. The molecule has 0 fully saturated rings. The summed E-state index contributed by atoms with van der Waals surface area (Å²) in [4.78, 5) is 15.0. The van der Waals surface area contributed by atoms with Crippen molar-refractivity contribution >= 4 is 17.5 Å². The Labute approximate surface area is 119 Å². The SMILES string of the molecule is CC(NC(=O)c1ccnc(F)c1F)c1ccc(Cl)cc1. The van der Waals surface area contributed by atoms with Crippen LogP contribution in [0.3, 0.4) is 0 Å². The number of benzene rings is 1. The van der Waals surface area contributed by atoms with Gasteiger partial charge in [-0.1, -0.05) is 23.7 Å². The first-order valence-corrected chi connectivity index (χ1v) is 6.23. The summed E-state index contributed by atoms with van der Waals surface area (Å²) in [5.74, 6) is -3.25. The van der Waals surface area contributed by atoms with Gasteiger partial charge in [0.25, 0.3) is 5.91 Å². The van der Waals surface area contributed by atoms with E-state index in [2.05, 4.69) is 10.3 Å². The molecule has 1 aromatic heterocycles. The Balaban J connectivity index is 2.15. The summed E-state index contributed by atoms with van der Waals surface area (Å²) in [7, 11) is 0. The standard InChI is InChI=1S/C14H11ClF2N2O/c1-8(9-2-4-10(15)5-3-9)19-14(20)11-6-7-18-13(17)12(11)16/h2-8H,1H3,(H,19,20). The molecule has 2 rings (SSSR count). The van der Waals surface area contributed by atoms with Crippen LogP contribution in [0.1, 0.15) is 28.9 Å². The second kappa shape index (κ2) is 5.96. The van der Waals surface area contributed by atoms with Crippen molar-refractivity contribution in [1.82, 2.24) is 10.3 Å². The van der Waals surface area contributed by atoms with Gasteiger partial charge in [0.15, 0.2) is 5.82 Å². The van der Waals surface area contributed by atoms with E-state index in [1.165, 1.54) is 0 Å². The zero-order chi connectivity index (χ0) is 14.7. The topological polar surface area (TPSA) is 42.0 Å². The molecule has 0 saturated heterocycles. The van der Waals surface area contributed by atoms with Gasteiger partial charge in [-0.3, -0.25) is 4.79 Å². The van der Waals surface area contributed by atoms with Crippen LogP contribution >= 0.6 is 11.6 Å². The monoisotopic (exact) mass is 296 g/mol. The molecular formula is C14H11ClF2N2O. The summed E-state index contributed by atoms with van der Waals surface area (Å²) >= 11 is 5.77. The highest BCUT2D eigenvalue weighted by Crippen LogP contribution is 2.17. The van der Waals surface area contributed by atoms with Gasteiger partial charge in [0, 0.05) is 11.2 Å². The van der Waals surface area contributed by atoms with Gasteiger partial charge in [0.05, 0.1) is 11.6 Å². The lowest BCUT2D eigenvalue weighted by atomic mass is 10.1. The van der Waals surface area contributed by atoms with Crippen molar-refractivity contribution in [2.24, 2.45) is 0 Å². The van der Waals surface area contributed by atoms with E-state index in [0.717, 1.165) is 17.8 Å². The third-order valence-electron chi connectivity index (χ3n) is 2.81. The van der Waals surface area contributed by atoms with Crippen LogP contribution in [0, 0.1) is 11.8 Å². The number of pyridine rings is 1. The first kappa shape index (κ1) is 14.4. The van der Waals surface area contributed by atoms with Crippen molar-refractivity contribution in [2.45, 2.75) is 13.0 Å². The average molecular weight is 297 g/mol. The summed E-state index contributed by atoms with van der Waals surface area (Å²) < 4.78 is 26.4. The predicted octanol–water partition coefficient (Wildman–Crippen LogP) is 3.50. The Morgan fingerprint density at radius 3 is 2.55 bits per heavy atom. The molecule has 2 aromatic rings. The molecule has 104 valence electrons. The summed E-state index contributed by atoms with van der Waals surface area (Å²) in [6, 6.07) is 7.63. The van der Waals surface area contributed by atoms with Crippen molar-refractivity contribution in [1.29, 1.82) is 0 Å². The molecular weight excluding hydrogens is 286 g/mol. The quantitative estimate of drug-likeness (QED) is 0.881. The molecule has 1 unspecified atom stereocenters. The highest BCUT2D eigenvalue weighted by Gasteiger charge is 2.18. The van der Waals surface area contributed by atoms with Gasteiger partial charge in [-0.25, -0.2) is 9.37 Å². The van der Waals surface area contributed by atoms with Crippen molar-refractivity contribution in [3.63, 3.8) is 0 Å². The minimum Gasteiger partial charge on any atom is -0.345 e. The minimum absolute atomic E-state index is 0.365. The first-order valence-electron chi connectivity index (χ1n) is 5.85. The molecule has 6 heteroatoms. The smallest absolute Gasteiger partial charge is 0.254 e. The van der Waals surface area contributed by atoms with E-state index in [1.807, 2.05) is 0 Å². The lowest BCUT2D eigenvalue weighted by Crippen LogP contribution is -2.27. The number of nitrogens with one attached hydrogen (secondary N) is 1. The molecule has 0 aliphatic heterocycles. The fourth-order valence-corrected chi connectivity index (χ4v) is 1.83. The summed E-state index contributed by atoms with van der Waals surface area (Å²) in [5, 5.41) is 3.16. The van der Waals surface area contributed by atoms with Crippen molar-refractivity contribution in [2.75, 3.05) is 0 Å². The van der Waals surface area contributed by atoms with Gasteiger partial charge in [-0.15, -0.1) is 0 Å². The normalized spacial score (nSPS) is 12.0. The number of halogens is 3. The fourth-order valence-electron chi connectivity index (χ4n) is 1.70. The van der Waals surface area contributed by atoms with Crippen LogP contribution in [-0.2, 0) is 0 Å². The number of hydrogen-bond donors (Lipinski definition) is 1. The summed E-state index contributed by atoms with van der Waals surface area (Å²) in [6.45, 7) is 1.73. The van der Waals surface area contributed by atoms with Crippen LogP contribution in [0.5, 0.6) is 0 Å².